The Balaban J connectivity index is 2.37. The van der Waals surface area contributed by atoms with Crippen molar-refractivity contribution in [2.45, 2.75) is 13.0 Å². The van der Waals surface area contributed by atoms with Crippen molar-refractivity contribution in [3.8, 4) is 5.75 Å². The van der Waals surface area contributed by atoms with Gasteiger partial charge in [-0.2, -0.15) is 0 Å². The van der Waals surface area contributed by atoms with Crippen molar-refractivity contribution in [2.75, 3.05) is 19.4 Å². The summed E-state index contributed by atoms with van der Waals surface area (Å²) in [5.74, 6) is -0.465. The Hall–Kier alpha value is -2.24. The number of carbonyl (C=O) groups is 2. The number of anilines is 1. The molecule has 0 aliphatic heterocycles. The highest BCUT2D eigenvalue weighted by Gasteiger charge is 2.16. The number of hydrogen-bond acceptors (Lipinski definition) is 5. The molecule has 0 radical (unpaired) electrons. The third-order valence-electron chi connectivity index (χ3n) is 2.16. The number of ether oxygens (including phenoxy) is 2. The molecule has 98 valence electrons. The summed E-state index contributed by atoms with van der Waals surface area (Å²) in [6.07, 6.45) is -0.836. The summed E-state index contributed by atoms with van der Waals surface area (Å²) in [6.45, 7) is 1.23. The zero-order chi connectivity index (χ0) is 13.5. The maximum atomic E-state index is 11.4. The summed E-state index contributed by atoms with van der Waals surface area (Å²) in [5.41, 5.74) is 6.11. The first kappa shape index (κ1) is 13.8. The number of carbonyl (C=O) groups excluding carboxylic acids is 2. The average Bonchev–Trinajstić information content (AvgIpc) is 2.37. The Morgan fingerprint density at radius 1 is 1.33 bits per heavy atom. The van der Waals surface area contributed by atoms with E-state index in [0.29, 0.717) is 11.4 Å². The third kappa shape index (κ3) is 4.32. The highest BCUT2D eigenvalue weighted by Crippen LogP contribution is 2.12. The molecule has 0 aliphatic rings. The smallest absolute Gasteiger partial charge is 0.344 e. The van der Waals surface area contributed by atoms with E-state index in [9.17, 15) is 9.59 Å². The van der Waals surface area contributed by atoms with Crippen LogP contribution in [0.15, 0.2) is 24.3 Å². The molecule has 0 heterocycles. The van der Waals surface area contributed by atoms with Crippen molar-refractivity contribution < 1.29 is 19.1 Å². The zero-order valence-corrected chi connectivity index (χ0v) is 10.3. The minimum absolute atomic E-state index is 0.259. The molecule has 0 aliphatic carbocycles. The number of hydrogen-bond donors (Lipinski definition) is 2. The molecule has 3 N–H and O–H groups in total. The lowest BCUT2D eigenvalue weighted by molar-refractivity contribution is -0.156. The lowest BCUT2D eigenvalue weighted by atomic mass is 10.3. The fourth-order valence-corrected chi connectivity index (χ4v) is 1.19. The van der Waals surface area contributed by atoms with Crippen LogP contribution in [0.3, 0.4) is 0 Å². The SMILES string of the molecule is CNC(=O)C(C)OC(=O)COc1ccc(N)cc1. The first-order valence-electron chi connectivity index (χ1n) is 5.42. The molecule has 1 atom stereocenters. The molecule has 1 aromatic carbocycles. The lowest BCUT2D eigenvalue weighted by Crippen LogP contribution is -2.34. The summed E-state index contributed by atoms with van der Waals surface area (Å²) in [7, 11) is 1.47. The van der Waals surface area contributed by atoms with Gasteiger partial charge in [-0.05, 0) is 31.2 Å². The van der Waals surface area contributed by atoms with E-state index in [4.69, 9.17) is 15.2 Å². The molecule has 0 saturated heterocycles. The van der Waals surface area contributed by atoms with Crippen LogP contribution in [-0.2, 0) is 14.3 Å². The van der Waals surface area contributed by atoms with Crippen LogP contribution >= 0.6 is 0 Å². The van der Waals surface area contributed by atoms with Gasteiger partial charge in [-0.1, -0.05) is 0 Å². The van der Waals surface area contributed by atoms with Crippen molar-refractivity contribution >= 4 is 17.6 Å². The van der Waals surface area contributed by atoms with Gasteiger partial charge in [0.2, 0.25) is 0 Å². The van der Waals surface area contributed by atoms with E-state index >= 15 is 0 Å². The van der Waals surface area contributed by atoms with Gasteiger partial charge in [-0.3, -0.25) is 4.79 Å². The number of nitrogens with two attached hydrogens (primary N) is 1. The molecule has 1 rings (SSSR count). The van der Waals surface area contributed by atoms with Crippen LogP contribution in [0.4, 0.5) is 5.69 Å². The Bertz CT molecular complexity index is 417. The van der Waals surface area contributed by atoms with E-state index < -0.39 is 12.1 Å². The summed E-state index contributed by atoms with van der Waals surface area (Å²) >= 11 is 0. The zero-order valence-electron chi connectivity index (χ0n) is 10.3. The summed E-state index contributed by atoms with van der Waals surface area (Å²) in [6, 6.07) is 6.61. The molecule has 1 amide bonds. The van der Waals surface area contributed by atoms with Gasteiger partial charge >= 0.3 is 5.97 Å². The molecule has 0 spiro atoms. The van der Waals surface area contributed by atoms with Crippen LogP contribution in [0, 0.1) is 0 Å². The van der Waals surface area contributed by atoms with E-state index in [1.165, 1.54) is 14.0 Å². The summed E-state index contributed by atoms with van der Waals surface area (Å²) < 4.78 is 10.0. The molecular weight excluding hydrogens is 236 g/mol. The highest BCUT2D eigenvalue weighted by atomic mass is 16.6. The molecule has 6 heteroatoms. The van der Waals surface area contributed by atoms with Crippen LogP contribution in [0.25, 0.3) is 0 Å². The van der Waals surface area contributed by atoms with Crippen molar-refractivity contribution in [1.29, 1.82) is 0 Å². The Morgan fingerprint density at radius 3 is 2.50 bits per heavy atom. The second kappa shape index (κ2) is 6.48. The van der Waals surface area contributed by atoms with E-state index in [-0.39, 0.29) is 12.5 Å². The Labute approximate surface area is 105 Å². The maximum absolute atomic E-state index is 11.4. The van der Waals surface area contributed by atoms with Crippen LogP contribution in [0.2, 0.25) is 0 Å². The van der Waals surface area contributed by atoms with Gasteiger partial charge in [0.1, 0.15) is 5.75 Å². The molecule has 1 unspecified atom stereocenters. The van der Waals surface area contributed by atoms with Gasteiger partial charge < -0.3 is 20.5 Å². The van der Waals surface area contributed by atoms with E-state index in [2.05, 4.69) is 5.32 Å². The molecule has 0 fully saturated rings. The van der Waals surface area contributed by atoms with Crippen LogP contribution < -0.4 is 15.8 Å². The van der Waals surface area contributed by atoms with Gasteiger partial charge in [0.15, 0.2) is 12.7 Å². The Morgan fingerprint density at radius 2 is 1.94 bits per heavy atom. The van der Waals surface area contributed by atoms with Gasteiger partial charge in [0.25, 0.3) is 5.91 Å². The van der Waals surface area contributed by atoms with Gasteiger partial charge in [-0.25, -0.2) is 4.79 Å². The standard InChI is InChI=1S/C12H16N2O4/c1-8(12(16)14-2)18-11(15)7-17-10-5-3-9(13)4-6-10/h3-6,8H,7,13H2,1-2H3,(H,14,16). The second-order valence-electron chi connectivity index (χ2n) is 3.60. The predicted octanol–water partition coefficient (Wildman–Crippen LogP) is 0.325. The van der Waals surface area contributed by atoms with Crippen molar-refractivity contribution in [2.24, 2.45) is 0 Å². The number of amides is 1. The number of nitrogen functional groups attached to an aromatic ring is 1. The van der Waals surface area contributed by atoms with Crippen molar-refractivity contribution in [3.63, 3.8) is 0 Å². The summed E-state index contributed by atoms with van der Waals surface area (Å²) in [5, 5.41) is 2.38. The maximum Gasteiger partial charge on any atom is 0.344 e. The van der Waals surface area contributed by atoms with Gasteiger partial charge in [0, 0.05) is 12.7 Å². The minimum Gasteiger partial charge on any atom is -0.482 e. The van der Waals surface area contributed by atoms with E-state index in [1.54, 1.807) is 24.3 Å². The fourth-order valence-electron chi connectivity index (χ4n) is 1.19. The summed E-state index contributed by atoms with van der Waals surface area (Å²) in [4.78, 5) is 22.5. The molecule has 1 aromatic rings. The molecular formula is C12H16N2O4. The number of esters is 1. The average molecular weight is 252 g/mol. The third-order valence-corrected chi connectivity index (χ3v) is 2.16. The first-order valence-corrected chi connectivity index (χ1v) is 5.42. The topological polar surface area (TPSA) is 90.6 Å². The highest BCUT2D eigenvalue weighted by molar-refractivity contribution is 5.83. The largest absolute Gasteiger partial charge is 0.482 e. The monoisotopic (exact) mass is 252 g/mol. The second-order valence-corrected chi connectivity index (χ2v) is 3.60. The van der Waals surface area contributed by atoms with E-state index in [0.717, 1.165) is 0 Å². The lowest BCUT2D eigenvalue weighted by Gasteiger charge is -2.12. The van der Waals surface area contributed by atoms with Crippen LogP contribution in [0.1, 0.15) is 6.92 Å². The molecule has 6 nitrogen and oxygen atoms in total. The first-order chi connectivity index (χ1) is 8.52. The quantitative estimate of drug-likeness (QED) is 0.582. The minimum atomic E-state index is -0.836. The molecule has 0 saturated carbocycles. The van der Waals surface area contributed by atoms with Crippen molar-refractivity contribution in [1.82, 2.24) is 5.32 Å². The van der Waals surface area contributed by atoms with Gasteiger partial charge in [0.05, 0.1) is 0 Å². The van der Waals surface area contributed by atoms with E-state index in [1.807, 2.05) is 0 Å². The number of nitrogens with one attached hydrogen (secondary N) is 1. The van der Waals surface area contributed by atoms with Gasteiger partial charge in [-0.15, -0.1) is 0 Å². The predicted molar refractivity (Wildman–Crippen MR) is 66.0 cm³/mol. The normalized spacial score (nSPS) is 11.4. The fraction of sp³-hybridized carbons (Fsp3) is 0.333. The number of likely N-dealkylation sites (N-methyl/N-ethyl adjacent to an activating group) is 1. The molecule has 0 aromatic heterocycles. The van der Waals surface area contributed by atoms with Crippen LogP contribution in [-0.4, -0.2) is 31.6 Å². The molecule has 18 heavy (non-hydrogen) atoms. The van der Waals surface area contributed by atoms with Crippen molar-refractivity contribution in [3.05, 3.63) is 24.3 Å². The molecule has 0 bridgehead atoms. The van der Waals surface area contributed by atoms with Crippen LogP contribution in [0.5, 0.6) is 5.75 Å². The Kier molecular flexibility index (Phi) is 4.98. The number of benzene rings is 1. The number of rotatable bonds is 5.